The number of hydrogen-bond donors (Lipinski definition) is 0. The van der Waals surface area contributed by atoms with E-state index in [0.29, 0.717) is 24.4 Å². The quantitative estimate of drug-likeness (QED) is 0.793. The number of carbonyl (C=O) groups excluding carboxylic acids is 1. The molecule has 148 valence electrons. The standard InChI is InChI=1S/C22H28N4O2/c1-16(2)25-10-8-18(9-11-25)20-13-24-21(14-23-20)26-19(15-28-22(26)27)12-17-6-4-3-5-7-17/h3-7,13-14,16,18-19H,8-12,15H2,1-2H3/t19-/m0/s1. The summed E-state index contributed by atoms with van der Waals surface area (Å²) in [5, 5.41) is 0. The largest absolute Gasteiger partial charge is 0.447 e. The number of nitrogens with zero attached hydrogens (tertiary/aromatic N) is 4. The lowest BCUT2D eigenvalue weighted by Gasteiger charge is -2.34. The van der Waals surface area contributed by atoms with Crippen molar-refractivity contribution in [3.05, 3.63) is 54.0 Å². The number of rotatable bonds is 5. The lowest BCUT2D eigenvalue weighted by Crippen LogP contribution is -2.38. The molecule has 28 heavy (non-hydrogen) atoms. The van der Waals surface area contributed by atoms with Crippen LogP contribution in [0.4, 0.5) is 10.6 Å². The monoisotopic (exact) mass is 380 g/mol. The molecule has 0 bridgehead atoms. The molecule has 4 rings (SSSR count). The highest BCUT2D eigenvalue weighted by atomic mass is 16.6. The fourth-order valence-electron chi connectivity index (χ4n) is 4.16. The van der Waals surface area contributed by atoms with Gasteiger partial charge in [0.15, 0.2) is 5.82 Å². The molecular formula is C22H28N4O2. The molecule has 2 aliphatic rings. The number of aromatic nitrogens is 2. The number of amides is 1. The number of piperidine rings is 1. The molecule has 1 aromatic heterocycles. The molecule has 0 aliphatic carbocycles. The van der Waals surface area contributed by atoms with E-state index in [2.05, 4.69) is 40.8 Å². The van der Waals surface area contributed by atoms with Crippen LogP contribution in [0.3, 0.4) is 0 Å². The Labute approximate surface area is 166 Å². The van der Waals surface area contributed by atoms with Gasteiger partial charge in [0, 0.05) is 12.0 Å². The van der Waals surface area contributed by atoms with Crippen LogP contribution in [-0.2, 0) is 11.2 Å². The van der Waals surface area contributed by atoms with Gasteiger partial charge in [0.25, 0.3) is 0 Å². The molecule has 3 heterocycles. The Bertz CT molecular complexity index is 786. The highest BCUT2D eigenvalue weighted by molar-refractivity contribution is 5.88. The second-order valence-corrected chi connectivity index (χ2v) is 7.99. The zero-order valence-corrected chi connectivity index (χ0v) is 16.6. The van der Waals surface area contributed by atoms with Crippen molar-refractivity contribution in [3.8, 4) is 0 Å². The van der Waals surface area contributed by atoms with Crippen LogP contribution in [0, 0.1) is 0 Å². The Hall–Kier alpha value is -2.47. The van der Waals surface area contributed by atoms with Crippen molar-refractivity contribution < 1.29 is 9.53 Å². The van der Waals surface area contributed by atoms with Gasteiger partial charge in [-0.05, 0) is 51.8 Å². The smallest absolute Gasteiger partial charge is 0.415 e. The predicted molar refractivity (Wildman–Crippen MR) is 108 cm³/mol. The molecule has 2 saturated heterocycles. The van der Waals surface area contributed by atoms with E-state index in [0.717, 1.165) is 38.0 Å². The molecule has 1 aromatic carbocycles. The first-order valence-corrected chi connectivity index (χ1v) is 10.2. The maximum absolute atomic E-state index is 12.3. The molecule has 2 aliphatic heterocycles. The fraction of sp³-hybridized carbons (Fsp3) is 0.500. The average molecular weight is 380 g/mol. The first-order chi connectivity index (χ1) is 13.6. The fourth-order valence-corrected chi connectivity index (χ4v) is 4.16. The SMILES string of the molecule is CC(C)N1CCC(c2cnc(N3C(=O)OC[C@@H]3Cc3ccccc3)cn2)CC1. The van der Waals surface area contributed by atoms with E-state index >= 15 is 0 Å². The maximum Gasteiger partial charge on any atom is 0.415 e. The summed E-state index contributed by atoms with van der Waals surface area (Å²) in [5.41, 5.74) is 2.21. The molecule has 6 nitrogen and oxygen atoms in total. The summed E-state index contributed by atoms with van der Waals surface area (Å²) in [4.78, 5) is 25.7. The third-order valence-corrected chi connectivity index (χ3v) is 5.86. The van der Waals surface area contributed by atoms with Crippen molar-refractivity contribution in [1.29, 1.82) is 0 Å². The van der Waals surface area contributed by atoms with E-state index in [9.17, 15) is 4.79 Å². The first-order valence-electron chi connectivity index (χ1n) is 10.2. The number of benzene rings is 1. The number of hydrogen-bond acceptors (Lipinski definition) is 5. The van der Waals surface area contributed by atoms with Gasteiger partial charge in [-0.1, -0.05) is 30.3 Å². The Morgan fingerprint density at radius 2 is 1.86 bits per heavy atom. The summed E-state index contributed by atoms with van der Waals surface area (Å²) in [6, 6.07) is 10.7. The Balaban J connectivity index is 1.44. The van der Waals surface area contributed by atoms with Crippen molar-refractivity contribution in [2.75, 3.05) is 24.6 Å². The number of ether oxygens (including phenoxy) is 1. The van der Waals surface area contributed by atoms with Gasteiger partial charge in [-0.25, -0.2) is 9.78 Å². The van der Waals surface area contributed by atoms with Gasteiger partial charge in [-0.3, -0.25) is 9.88 Å². The van der Waals surface area contributed by atoms with E-state index in [4.69, 9.17) is 4.74 Å². The van der Waals surface area contributed by atoms with E-state index < -0.39 is 0 Å². The molecule has 6 heteroatoms. The number of anilines is 1. The van der Waals surface area contributed by atoms with Crippen LogP contribution in [0.5, 0.6) is 0 Å². The van der Waals surface area contributed by atoms with Gasteiger partial charge in [0.05, 0.1) is 24.1 Å². The second kappa shape index (κ2) is 8.27. The Morgan fingerprint density at radius 1 is 1.11 bits per heavy atom. The van der Waals surface area contributed by atoms with E-state index in [1.165, 1.54) is 5.56 Å². The number of carbonyl (C=O) groups is 1. The van der Waals surface area contributed by atoms with Gasteiger partial charge in [0.1, 0.15) is 6.61 Å². The van der Waals surface area contributed by atoms with Crippen molar-refractivity contribution in [1.82, 2.24) is 14.9 Å². The summed E-state index contributed by atoms with van der Waals surface area (Å²) in [5.74, 6) is 1.02. The third kappa shape index (κ3) is 4.02. The molecule has 1 amide bonds. The van der Waals surface area contributed by atoms with Crippen LogP contribution >= 0.6 is 0 Å². The van der Waals surface area contributed by atoms with Crippen molar-refractivity contribution in [2.24, 2.45) is 0 Å². The summed E-state index contributed by atoms with van der Waals surface area (Å²) in [6.07, 6.45) is 6.19. The minimum Gasteiger partial charge on any atom is -0.447 e. The van der Waals surface area contributed by atoms with Crippen molar-refractivity contribution in [2.45, 2.75) is 51.1 Å². The molecular weight excluding hydrogens is 352 g/mol. The molecule has 2 aromatic rings. The highest BCUT2D eigenvalue weighted by Crippen LogP contribution is 2.29. The van der Waals surface area contributed by atoms with E-state index in [-0.39, 0.29) is 12.1 Å². The topological polar surface area (TPSA) is 58.6 Å². The maximum atomic E-state index is 12.3. The van der Waals surface area contributed by atoms with Crippen LogP contribution in [0.2, 0.25) is 0 Å². The van der Waals surface area contributed by atoms with Crippen molar-refractivity contribution in [3.63, 3.8) is 0 Å². The van der Waals surface area contributed by atoms with Gasteiger partial charge in [0.2, 0.25) is 0 Å². The molecule has 0 unspecified atom stereocenters. The van der Waals surface area contributed by atoms with E-state index in [1.807, 2.05) is 24.4 Å². The van der Waals surface area contributed by atoms with Crippen LogP contribution < -0.4 is 4.90 Å². The van der Waals surface area contributed by atoms with Crippen LogP contribution in [0.1, 0.15) is 43.9 Å². The van der Waals surface area contributed by atoms with Gasteiger partial charge in [-0.2, -0.15) is 0 Å². The zero-order chi connectivity index (χ0) is 19.5. The summed E-state index contributed by atoms with van der Waals surface area (Å²) < 4.78 is 5.30. The summed E-state index contributed by atoms with van der Waals surface area (Å²) >= 11 is 0. The molecule has 0 spiro atoms. The molecule has 1 atom stereocenters. The number of cyclic esters (lactones) is 1. The lowest BCUT2D eigenvalue weighted by atomic mass is 9.93. The normalized spacial score (nSPS) is 21.3. The molecule has 0 radical (unpaired) electrons. The highest BCUT2D eigenvalue weighted by Gasteiger charge is 2.35. The minimum absolute atomic E-state index is 0.0515. The summed E-state index contributed by atoms with van der Waals surface area (Å²) in [7, 11) is 0. The van der Waals surface area contributed by atoms with E-state index in [1.54, 1.807) is 11.1 Å². The molecule has 0 saturated carbocycles. The molecule has 0 N–H and O–H groups in total. The second-order valence-electron chi connectivity index (χ2n) is 7.99. The Morgan fingerprint density at radius 3 is 2.50 bits per heavy atom. The third-order valence-electron chi connectivity index (χ3n) is 5.86. The average Bonchev–Trinajstić information content (AvgIpc) is 3.09. The van der Waals surface area contributed by atoms with Crippen LogP contribution in [0.25, 0.3) is 0 Å². The van der Waals surface area contributed by atoms with Crippen LogP contribution in [0.15, 0.2) is 42.7 Å². The van der Waals surface area contributed by atoms with Crippen molar-refractivity contribution >= 4 is 11.9 Å². The first kappa shape index (κ1) is 18.9. The van der Waals surface area contributed by atoms with Gasteiger partial charge >= 0.3 is 6.09 Å². The van der Waals surface area contributed by atoms with Gasteiger partial charge in [-0.15, -0.1) is 0 Å². The zero-order valence-electron chi connectivity index (χ0n) is 16.6. The van der Waals surface area contributed by atoms with Crippen LogP contribution in [-0.4, -0.2) is 52.7 Å². The number of likely N-dealkylation sites (tertiary alicyclic amines) is 1. The summed E-state index contributed by atoms with van der Waals surface area (Å²) in [6.45, 7) is 7.07. The van der Waals surface area contributed by atoms with Gasteiger partial charge < -0.3 is 9.64 Å². The minimum atomic E-state index is -0.340. The molecule has 2 fully saturated rings. The lowest BCUT2D eigenvalue weighted by molar-refractivity contribution is 0.170. The Kier molecular flexibility index (Phi) is 5.57. The predicted octanol–water partition coefficient (Wildman–Crippen LogP) is 3.63.